The molecule has 0 aliphatic heterocycles. The molecule has 0 aliphatic rings. The number of carbonyl (C=O) groups excluding carboxylic acids is 1. The zero-order chi connectivity index (χ0) is 22.9. The Kier molecular flexibility index (Phi) is 6.70. The van der Waals surface area contributed by atoms with Crippen LogP contribution in [-0.2, 0) is 10.0 Å². The highest BCUT2D eigenvalue weighted by Crippen LogP contribution is 2.32. The van der Waals surface area contributed by atoms with Crippen molar-refractivity contribution >= 4 is 50.2 Å². The van der Waals surface area contributed by atoms with Crippen LogP contribution in [0.2, 0.25) is 5.02 Å². The molecule has 1 N–H and O–H groups in total. The molecule has 31 heavy (non-hydrogen) atoms. The van der Waals surface area contributed by atoms with E-state index in [9.17, 15) is 13.2 Å². The molecule has 1 heterocycles. The number of anilines is 2. The molecule has 0 saturated heterocycles. The van der Waals surface area contributed by atoms with Crippen molar-refractivity contribution < 1.29 is 13.2 Å². The van der Waals surface area contributed by atoms with Crippen LogP contribution < -0.4 is 10.2 Å². The van der Waals surface area contributed by atoms with Gasteiger partial charge in [-0.2, -0.15) is 0 Å². The maximum absolute atomic E-state index is 13.1. The van der Waals surface area contributed by atoms with Gasteiger partial charge in [0.05, 0.1) is 22.0 Å². The highest BCUT2D eigenvalue weighted by atomic mass is 35.5. The Bertz CT molecular complexity index is 1240. The normalized spacial score (nSPS) is 11.6. The molecule has 0 bridgehead atoms. The summed E-state index contributed by atoms with van der Waals surface area (Å²) in [4.78, 5) is 19.9. The van der Waals surface area contributed by atoms with Gasteiger partial charge in [-0.15, -0.1) is 11.3 Å². The molecule has 164 valence electrons. The van der Waals surface area contributed by atoms with Gasteiger partial charge in [-0.25, -0.2) is 17.7 Å². The van der Waals surface area contributed by atoms with Crippen LogP contribution in [0.4, 0.5) is 11.4 Å². The average molecular weight is 479 g/mol. The van der Waals surface area contributed by atoms with E-state index < -0.39 is 10.0 Å². The molecule has 1 amide bonds. The van der Waals surface area contributed by atoms with Gasteiger partial charge in [0, 0.05) is 38.8 Å². The molecule has 1 aromatic heterocycles. The maximum atomic E-state index is 13.1. The van der Waals surface area contributed by atoms with Crippen molar-refractivity contribution in [1.82, 2.24) is 9.29 Å². The van der Waals surface area contributed by atoms with Gasteiger partial charge in [-0.3, -0.25) is 4.79 Å². The number of nitrogens with zero attached hydrogens (tertiary/aromatic N) is 3. The molecule has 0 saturated carbocycles. The topological polar surface area (TPSA) is 82.6 Å². The molecule has 0 fully saturated rings. The van der Waals surface area contributed by atoms with Gasteiger partial charge in [0.25, 0.3) is 5.91 Å². The van der Waals surface area contributed by atoms with Gasteiger partial charge in [0.2, 0.25) is 10.0 Å². The third kappa shape index (κ3) is 4.90. The number of aryl methyl sites for hydroxylation is 1. The Morgan fingerprint density at radius 2 is 1.81 bits per heavy atom. The Morgan fingerprint density at radius 3 is 2.42 bits per heavy atom. The van der Waals surface area contributed by atoms with Crippen LogP contribution in [-0.4, -0.2) is 51.8 Å². The molecule has 0 atom stereocenters. The summed E-state index contributed by atoms with van der Waals surface area (Å²) in [7, 11) is 2.92. The largest absolute Gasteiger partial charge is 0.376 e. The predicted molar refractivity (Wildman–Crippen MR) is 127 cm³/mol. The van der Waals surface area contributed by atoms with Crippen molar-refractivity contribution in [3.05, 3.63) is 58.1 Å². The molecule has 3 rings (SSSR count). The van der Waals surface area contributed by atoms with Gasteiger partial charge >= 0.3 is 0 Å². The van der Waals surface area contributed by atoms with Crippen LogP contribution in [0, 0.1) is 6.92 Å². The molecule has 7 nitrogen and oxygen atoms in total. The van der Waals surface area contributed by atoms with Gasteiger partial charge in [-0.1, -0.05) is 23.7 Å². The van der Waals surface area contributed by atoms with E-state index in [1.54, 1.807) is 30.0 Å². The number of rotatable bonds is 6. The maximum Gasteiger partial charge on any atom is 0.267 e. The van der Waals surface area contributed by atoms with Crippen LogP contribution in [0.1, 0.15) is 15.4 Å². The summed E-state index contributed by atoms with van der Waals surface area (Å²) in [6, 6.07) is 11.9. The summed E-state index contributed by atoms with van der Waals surface area (Å²) in [6.45, 7) is 1.76. The van der Waals surface area contributed by atoms with Crippen LogP contribution >= 0.6 is 22.9 Å². The Balaban J connectivity index is 1.98. The molecular formula is C21H23ClN4O3S2. The number of benzene rings is 2. The third-order valence-corrected chi connectivity index (χ3v) is 7.80. The van der Waals surface area contributed by atoms with Gasteiger partial charge < -0.3 is 10.2 Å². The lowest BCUT2D eigenvalue weighted by atomic mass is 10.2. The number of nitrogens with one attached hydrogen (secondary N) is 1. The first-order valence-corrected chi connectivity index (χ1v) is 11.9. The van der Waals surface area contributed by atoms with Crippen LogP contribution in [0.5, 0.6) is 0 Å². The van der Waals surface area contributed by atoms with E-state index in [0.717, 1.165) is 9.87 Å². The van der Waals surface area contributed by atoms with E-state index in [-0.39, 0.29) is 10.8 Å². The SMILES string of the molecule is Cc1nc(-c2cccc(Cl)c2)sc1C(=O)Nc1cc(S(=O)(=O)N(C)C)ccc1N(C)C. The van der Waals surface area contributed by atoms with Crippen molar-refractivity contribution in [2.45, 2.75) is 11.8 Å². The number of amides is 1. The number of thiazole rings is 1. The monoisotopic (exact) mass is 478 g/mol. The summed E-state index contributed by atoms with van der Waals surface area (Å²) in [5.41, 5.74) is 2.49. The standard InChI is InChI=1S/C21H23ClN4O3S2/c1-13-19(30-21(23-13)14-7-6-8-15(22)11-14)20(27)24-17-12-16(31(28,29)26(4)5)9-10-18(17)25(2)3/h6-12H,1-5H3,(H,24,27). The third-order valence-electron chi connectivity index (χ3n) is 4.55. The van der Waals surface area contributed by atoms with Crippen LogP contribution in [0.25, 0.3) is 10.6 Å². The minimum atomic E-state index is -3.65. The molecule has 3 aromatic rings. The zero-order valence-corrected chi connectivity index (χ0v) is 20.2. The number of sulfonamides is 1. The van der Waals surface area contributed by atoms with Crippen molar-refractivity contribution in [2.24, 2.45) is 0 Å². The van der Waals surface area contributed by atoms with E-state index >= 15 is 0 Å². The van der Waals surface area contributed by atoms with Gasteiger partial charge in [0.1, 0.15) is 9.88 Å². The molecule has 0 radical (unpaired) electrons. The minimum absolute atomic E-state index is 0.0963. The van der Waals surface area contributed by atoms with Gasteiger partial charge in [0.15, 0.2) is 0 Å². The Labute approximate surface area is 191 Å². The first-order valence-electron chi connectivity index (χ1n) is 9.29. The summed E-state index contributed by atoms with van der Waals surface area (Å²) < 4.78 is 26.2. The number of carbonyl (C=O) groups is 1. The summed E-state index contributed by atoms with van der Waals surface area (Å²) in [6.07, 6.45) is 0. The number of hydrogen-bond donors (Lipinski definition) is 1. The van der Waals surface area contributed by atoms with E-state index in [1.165, 1.54) is 37.6 Å². The first-order chi connectivity index (χ1) is 14.5. The average Bonchev–Trinajstić information content (AvgIpc) is 3.09. The lowest BCUT2D eigenvalue weighted by Gasteiger charge is -2.20. The van der Waals surface area contributed by atoms with Crippen molar-refractivity contribution in [2.75, 3.05) is 38.4 Å². The molecule has 2 aromatic carbocycles. The number of hydrogen-bond acceptors (Lipinski definition) is 6. The smallest absolute Gasteiger partial charge is 0.267 e. The highest BCUT2D eigenvalue weighted by molar-refractivity contribution is 7.89. The fourth-order valence-electron chi connectivity index (χ4n) is 2.91. The highest BCUT2D eigenvalue weighted by Gasteiger charge is 2.22. The van der Waals surface area contributed by atoms with E-state index in [4.69, 9.17) is 11.6 Å². The number of halogens is 1. The minimum Gasteiger partial charge on any atom is -0.376 e. The predicted octanol–water partition coefficient (Wildman–Crippen LogP) is 4.34. The van der Waals surface area contributed by atoms with Gasteiger partial charge in [-0.05, 0) is 37.3 Å². The van der Waals surface area contributed by atoms with Crippen molar-refractivity contribution in [3.8, 4) is 10.6 Å². The van der Waals surface area contributed by atoms with E-state index in [2.05, 4.69) is 10.3 Å². The van der Waals surface area contributed by atoms with Crippen LogP contribution in [0.15, 0.2) is 47.4 Å². The van der Waals surface area contributed by atoms with Crippen molar-refractivity contribution in [1.29, 1.82) is 0 Å². The zero-order valence-electron chi connectivity index (χ0n) is 17.8. The quantitative estimate of drug-likeness (QED) is 0.569. The summed E-state index contributed by atoms with van der Waals surface area (Å²) in [5, 5.41) is 4.13. The molecular weight excluding hydrogens is 456 g/mol. The van der Waals surface area contributed by atoms with E-state index in [1.807, 2.05) is 26.2 Å². The fourth-order valence-corrected chi connectivity index (χ4v) is 4.98. The lowest BCUT2D eigenvalue weighted by Crippen LogP contribution is -2.23. The summed E-state index contributed by atoms with van der Waals surface area (Å²) in [5.74, 6) is -0.356. The fraction of sp³-hybridized carbons (Fsp3) is 0.238. The lowest BCUT2D eigenvalue weighted by molar-refractivity contribution is 0.103. The number of aromatic nitrogens is 1. The second-order valence-corrected chi connectivity index (χ2v) is 10.8. The molecule has 0 spiro atoms. The molecule has 10 heteroatoms. The second-order valence-electron chi connectivity index (χ2n) is 7.26. The summed E-state index contributed by atoms with van der Waals surface area (Å²) >= 11 is 7.33. The van der Waals surface area contributed by atoms with Crippen LogP contribution in [0.3, 0.4) is 0 Å². The molecule has 0 unspecified atom stereocenters. The second kappa shape index (κ2) is 8.96. The van der Waals surface area contributed by atoms with E-state index in [0.29, 0.717) is 32.0 Å². The van der Waals surface area contributed by atoms with Crippen molar-refractivity contribution in [3.63, 3.8) is 0 Å². The Hall–Kier alpha value is -2.46. The molecule has 0 aliphatic carbocycles. The first kappa shape index (κ1) is 23.2. The Morgan fingerprint density at radius 1 is 1.10 bits per heavy atom.